The Hall–Kier alpha value is -5.07. The van der Waals surface area contributed by atoms with E-state index in [0.717, 1.165) is 27.6 Å². The van der Waals surface area contributed by atoms with E-state index in [0.29, 0.717) is 56.1 Å². The smallest absolute Gasteiger partial charge is 0.343 e. The van der Waals surface area contributed by atoms with Crippen molar-refractivity contribution in [1.82, 2.24) is 20.2 Å². The standard InChI is InChI=1S/C36H39N5O7/c1-3-23-24-16-22(47-14-8-13-38-31(42)18-39-33(43)28(37)15-21-9-6-5-7-10-21)11-12-29(24)40-32-25(23)19-41-30(32)17-27-26(34(41)44)20-48-35(45)36(27,46)4-2/h5-7,9-12,16-17,28,46H,3-4,8,13-15,18-20,37H2,1-2H3,(H,38,42)(H,39,43)/t28-,36-/m0/s1. The number of carbonyl (C=O) groups excluding carboxylic acids is 3. The van der Waals surface area contributed by atoms with Crippen molar-refractivity contribution in [1.29, 1.82) is 0 Å². The van der Waals surface area contributed by atoms with E-state index in [-0.39, 0.29) is 48.1 Å². The number of aryl methyl sites for hydroxylation is 1. The highest BCUT2D eigenvalue weighted by Crippen LogP contribution is 2.40. The maximum Gasteiger partial charge on any atom is 0.343 e. The largest absolute Gasteiger partial charge is 0.494 e. The Morgan fingerprint density at radius 3 is 2.65 bits per heavy atom. The summed E-state index contributed by atoms with van der Waals surface area (Å²) < 4.78 is 12.8. The second kappa shape index (κ2) is 13.6. The Kier molecular flexibility index (Phi) is 9.29. The molecule has 2 aromatic heterocycles. The first-order chi connectivity index (χ1) is 23.1. The molecule has 250 valence electrons. The fraction of sp³-hybridized carbons (Fsp3) is 0.361. The Morgan fingerprint density at radius 2 is 1.90 bits per heavy atom. The molecule has 2 aliphatic rings. The number of hydrogen-bond donors (Lipinski definition) is 4. The molecule has 0 saturated heterocycles. The van der Waals surface area contributed by atoms with Crippen LogP contribution in [0.2, 0.25) is 0 Å². The summed E-state index contributed by atoms with van der Waals surface area (Å²) in [6, 6.07) is 16.1. The Labute approximate surface area is 277 Å². The van der Waals surface area contributed by atoms with Gasteiger partial charge in [-0.2, -0.15) is 0 Å². The normalized spacial score (nSPS) is 16.8. The molecule has 2 aromatic carbocycles. The van der Waals surface area contributed by atoms with Gasteiger partial charge in [0.2, 0.25) is 11.8 Å². The number of rotatable bonds is 12. The molecule has 0 saturated carbocycles. The fourth-order valence-electron chi connectivity index (χ4n) is 6.45. The summed E-state index contributed by atoms with van der Waals surface area (Å²) in [4.78, 5) is 55.5. The van der Waals surface area contributed by atoms with Crippen LogP contribution in [-0.4, -0.2) is 58.2 Å². The van der Waals surface area contributed by atoms with Gasteiger partial charge in [-0.05, 0) is 61.1 Å². The van der Waals surface area contributed by atoms with Gasteiger partial charge in [0.25, 0.3) is 5.56 Å². The van der Waals surface area contributed by atoms with E-state index in [2.05, 4.69) is 10.6 Å². The summed E-state index contributed by atoms with van der Waals surface area (Å²) in [5, 5.41) is 17.4. The zero-order chi connectivity index (χ0) is 34.0. The third kappa shape index (κ3) is 6.16. The van der Waals surface area contributed by atoms with Crippen LogP contribution in [0.4, 0.5) is 0 Å². The zero-order valence-corrected chi connectivity index (χ0v) is 27.0. The molecule has 0 bridgehead atoms. The van der Waals surface area contributed by atoms with Gasteiger partial charge in [-0.1, -0.05) is 44.2 Å². The highest BCUT2D eigenvalue weighted by molar-refractivity contribution is 5.90. The molecule has 4 heterocycles. The van der Waals surface area contributed by atoms with Gasteiger partial charge in [-0.3, -0.25) is 14.4 Å². The van der Waals surface area contributed by atoms with E-state index >= 15 is 0 Å². The van der Waals surface area contributed by atoms with Crippen molar-refractivity contribution in [2.75, 3.05) is 19.7 Å². The van der Waals surface area contributed by atoms with Crippen molar-refractivity contribution < 1.29 is 29.0 Å². The SMILES string of the molecule is CCc1c2c(nc3ccc(OCCCNC(=O)CNC(=O)[C@@H](N)Cc4ccccc4)cc13)-c1cc3c(c(=O)n1C2)COC(=O)[C@]3(O)CC. The number of esters is 1. The molecule has 0 aliphatic carbocycles. The van der Waals surface area contributed by atoms with Crippen LogP contribution >= 0.6 is 0 Å². The lowest BCUT2D eigenvalue weighted by atomic mass is 9.86. The highest BCUT2D eigenvalue weighted by Gasteiger charge is 2.45. The van der Waals surface area contributed by atoms with Crippen LogP contribution in [-0.2, 0) is 50.7 Å². The summed E-state index contributed by atoms with van der Waals surface area (Å²) >= 11 is 0. The zero-order valence-electron chi connectivity index (χ0n) is 27.0. The molecule has 5 N–H and O–H groups in total. The molecule has 2 atom stereocenters. The Balaban J connectivity index is 1.07. The van der Waals surface area contributed by atoms with Crippen LogP contribution in [0.25, 0.3) is 22.3 Å². The fourth-order valence-corrected chi connectivity index (χ4v) is 6.45. The summed E-state index contributed by atoms with van der Waals surface area (Å²) in [6.45, 7) is 4.44. The number of carbonyl (C=O) groups is 3. The first-order valence-electron chi connectivity index (χ1n) is 16.2. The van der Waals surface area contributed by atoms with Crippen LogP contribution in [0, 0.1) is 0 Å². The average Bonchev–Trinajstić information content (AvgIpc) is 3.46. The van der Waals surface area contributed by atoms with E-state index in [9.17, 15) is 24.3 Å². The quantitative estimate of drug-likeness (QED) is 0.116. The number of nitrogens with two attached hydrogens (primary N) is 1. The molecule has 48 heavy (non-hydrogen) atoms. The minimum absolute atomic E-state index is 0.0814. The number of cyclic esters (lactones) is 1. The number of nitrogens with zero attached hydrogens (tertiary/aromatic N) is 2. The van der Waals surface area contributed by atoms with Gasteiger partial charge in [-0.25, -0.2) is 9.78 Å². The summed E-state index contributed by atoms with van der Waals surface area (Å²) in [5.74, 6) is -0.797. The van der Waals surface area contributed by atoms with E-state index < -0.39 is 17.6 Å². The molecule has 0 radical (unpaired) electrons. The number of hydrogen-bond acceptors (Lipinski definition) is 9. The molecule has 12 nitrogen and oxygen atoms in total. The third-order valence-corrected chi connectivity index (χ3v) is 9.10. The van der Waals surface area contributed by atoms with Crippen molar-refractivity contribution >= 4 is 28.7 Å². The number of benzene rings is 2. The van der Waals surface area contributed by atoms with E-state index in [4.69, 9.17) is 20.2 Å². The predicted octanol–water partition coefficient (Wildman–Crippen LogP) is 2.21. The van der Waals surface area contributed by atoms with Crippen LogP contribution in [0.1, 0.15) is 54.5 Å². The second-order valence-corrected chi connectivity index (χ2v) is 12.1. The number of pyridine rings is 2. The summed E-state index contributed by atoms with van der Waals surface area (Å²) in [5.41, 5.74) is 9.26. The lowest BCUT2D eigenvalue weighted by Crippen LogP contribution is -2.46. The number of fused-ring (bicyclic) bond motifs is 5. The maximum absolute atomic E-state index is 13.6. The van der Waals surface area contributed by atoms with Crippen molar-refractivity contribution in [3.05, 3.63) is 92.8 Å². The van der Waals surface area contributed by atoms with Crippen LogP contribution in [0.15, 0.2) is 59.4 Å². The van der Waals surface area contributed by atoms with Crippen molar-refractivity contribution in [2.45, 2.75) is 64.3 Å². The maximum atomic E-state index is 13.6. The lowest BCUT2D eigenvalue weighted by molar-refractivity contribution is -0.172. The first-order valence-corrected chi connectivity index (χ1v) is 16.2. The van der Waals surface area contributed by atoms with Gasteiger partial charge < -0.3 is 35.5 Å². The molecule has 2 amide bonds. The molecule has 6 rings (SSSR count). The second-order valence-electron chi connectivity index (χ2n) is 12.1. The molecular weight excluding hydrogens is 614 g/mol. The Morgan fingerprint density at radius 1 is 1.10 bits per heavy atom. The number of aromatic nitrogens is 2. The lowest BCUT2D eigenvalue weighted by Gasteiger charge is -2.31. The summed E-state index contributed by atoms with van der Waals surface area (Å²) in [6.07, 6.45) is 1.70. The minimum Gasteiger partial charge on any atom is -0.494 e. The molecular formula is C36H39N5O7. The monoisotopic (exact) mass is 653 g/mol. The topological polar surface area (TPSA) is 175 Å². The number of aliphatic hydroxyl groups is 1. The van der Waals surface area contributed by atoms with Gasteiger partial charge in [0.05, 0.1) is 48.2 Å². The van der Waals surface area contributed by atoms with Crippen molar-refractivity contribution in [2.24, 2.45) is 5.73 Å². The molecule has 0 fully saturated rings. The van der Waals surface area contributed by atoms with Crippen molar-refractivity contribution in [3.8, 4) is 17.1 Å². The molecule has 0 unspecified atom stereocenters. The van der Waals surface area contributed by atoms with E-state index in [1.807, 2.05) is 55.5 Å². The highest BCUT2D eigenvalue weighted by atomic mass is 16.6. The molecule has 12 heteroatoms. The van der Waals surface area contributed by atoms with E-state index in [1.54, 1.807) is 17.6 Å². The number of amides is 2. The average molecular weight is 654 g/mol. The van der Waals surface area contributed by atoms with Crippen LogP contribution in [0.5, 0.6) is 5.75 Å². The third-order valence-electron chi connectivity index (χ3n) is 9.10. The van der Waals surface area contributed by atoms with Gasteiger partial charge in [-0.15, -0.1) is 0 Å². The van der Waals surface area contributed by atoms with Gasteiger partial charge in [0, 0.05) is 23.1 Å². The van der Waals surface area contributed by atoms with Gasteiger partial charge in [0.15, 0.2) is 5.60 Å². The molecule has 4 aromatic rings. The summed E-state index contributed by atoms with van der Waals surface area (Å²) in [7, 11) is 0. The van der Waals surface area contributed by atoms with Crippen LogP contribution < -0.4 is 26.7 Å². The number of nitrogens with one attached hydrogen (secondary N) is 2. The van der Waals surface area contributed by atoms with Crippen molar-refractivity contribution in [3.63, 3.8) is 0 Å². The predicted molar refractivity (Wildman–Crippen MR) is 178 cm³/mol. The molecule has 2 aliphatic heterocycles. The van der Waals surface area contributed by atoms with E-state index in [1.165, 1.54) is 0 Å². The number of ether oxygens (including phenoxy) is 2. The molecule has 0 spiro atoms. The van der Waals surface area contributed by atoms with Gasteiger partial charge in [0.1, 0.15) is 12.4 Å². The van der Waals surface area contributed by atoms with Gasteiger partial charge >= 0.3 is 5.97 Å². The minimum atomic E-state index is -1.88. The Bertz CT molecular complexity index is 1960. The van der Waals surface area contributed by atoms with Crippen LogP contribution in [0.3, 0.4) is 0 Å². The first kappa shape index (κ1) is 32.9.